The van der Waals surface area contributed by atoms with Crippen LogP contribution < -0.4 is 14.4 Å². The SMILES string of the molecule is O=C(c1ccc2c(c1)S(=O)(=O)N(C1CC1)C2=O)N(Cc1cccs1)c1ccc2c(c1)OCCO2. The first-order valence-corrected chi connectivity index (χ1v) is 13.2. The van der Waals surface area contributed by atoms with Gasteiger partial charge in [-0.05, 0) is 54.6 Å². The Labute approximate surface area is 200 Å². The standard InChI is InChI=1S/C24H20N2O6S2/c27-23(15-3-7-19-22(12-15)34(29,30)26(24(19)28)16-4-5-16)25(14-18-2-1-11-33-18)17-6-8-20-21(13-17)32-10-9-31-20/h1-3,6-8,11-13,16H,4-5,9-10,14H2. The molecule has 0 atom stereocenters. The molecule has 0 spiro atoms. The Morgan fingerprint density at radius 3 is 2.59 bits per heavy atom. The van der Waals surface area contributed by atoms with Crippen molar-refractivity contribution in [2.24, 2.45) is 0 Å². The fraction of sp³-hybridized carbons (Fsp3) is 0.250. The minimum Gasteiger partial charge on any atom is -0.486 e. The Kier molecular flexibility index (Phi) is 4.89. The van der Waals surface area contributed by atoms with E-state index in [4.69, 9.17) is 9.47 Å². The van der Waals surface area contributed by atoms with Crippen LogP contribution in [0.4, 0.5) is 5.69 Å². The predicted molar refractivity (Wildman–Crippen MR) is 125 cm³/mol. The van der Waals surface area contributed by atoms with Gasteiger partial charge in [0.25, 0.3) is 21.8 Å². The lowest BCUT2D eigenvalue weighted by Crippen LogP contribution is -2.32. The highest BCUT2D eigenvalue weighted by atomic mass is 32.2. The summed E-state index contributed by atoms with van der Waals surface area (Å²) in [5, 5.41) is 1.93. The lowest BCUT2D eigenvalue weighted by atomic mass is 10.1. The van der Waals surface area contributed by atoms with E-state index < -0.39 is 15.9 Å². The van der Waals surface area contributed by atoms with Gasteiger partial charge in [0.05, 0.1) is 12.1 Å². The van der Waals surface area contributed by atoms with Crippen LogP contribution in [0.15, 0.2) is 58.8 Å². The van der Waals surface area contributed by atoms with Crippen molar-refractivity contribution in [1.82, 2.24) is 4.31 Å². The molecule has 0 saturated heterocycles. The molecule has 34 heavy (non-hydrogen) atoms. The molecule has 1 aliphatic carbocycles. The van der Waals surface area contributed by atoms with E-state index in [0.29, 0.717) is 49.8 Å². The highest BCUT2D eigenvalue weighted by Gasteiger charge is 2.49. The second kappa shape index (κ2) is 7.85. The number of carbonyl (C=O) groups excluding carboxylic acids is 2. The number of amides is 2. The summed E-state index contributed by atoms with van der Waals surface area (Å²) in [4.78, 5) is 28.9. The Morgan fingerprint density at radius 2 is 1.85 bits per heavy atom. The summed E-state index contributed by atoms with van der Waals surface area (Å²) in [6.45, 7) is 1.18. The van der Waals surface area contributed by atoms with Gasteiger partial charge in [-0.3, -0.25) is 9.59 Å². The highest BCUT2D eigenvalue weighted by Crippen LogP contribution is 2.40. The third-order valence-corrected chi connectivity index (χ3v) is 8.79. The molecule has 0 N–H and O–H groups in total. The first-order valence-electron chi connectivity index (χ1n) is 10.9. The molecule has 0 bridgehead atoms. The van der Waals surface area contributed by atoms with Crippen LogP contribution in [-0.2, 0) is 16.6 Å². The van der Waals surface area contributed by atoms with E-state index in [9.17, 15) is 18.0 Å². The number of anilines is 1. The van der Waals surface area contributed by atoms with Crippen molar-refractivity contribution < 1.29 is 27.5 Å². The minimum atomic E-state index is -3.96. The van der Waals surface area contributed by atoms with E-state index >= 15 is 0 Å². The molecule has 8 nitrogen and oxygen atoms in total. The molecule has 0 unspecified atom stereocenters. The van der Waals surface area contributed by atoms with Crippen LogP contribution in [0.1, 0.15) is 38.4 Å². The van der Waals surface area contributed by atoms with Gasteiger partial charge in [0.2, 0.25) is 0 Å². The molecule has 2 aromatic carbocycles. The van der Waals surface area contributed by atoms with Gasteiger partial charge in [0.15, 0.2) is 11.5 Å². The van der Waals surface area contributed by atoms with Gasteiger partial charge in [-0.1, -0.05) is 6.07 Å². The number of hydrogen-bond donors (Lipinski definition) is 0. The molecule has 174 valence electrons. The first-order chi connectivity index (χ1) is 16.4. The first kappa shape index (κ1) is 21.2. The number of rotatable bonds is 5. The number of fused-ring (bicyclic) bond motifs is 2. The van der Waals surface area contributed by atoms with Gasteiger partial charge in [-0.25, -0.2) is 12.7 Å². The zero-order valence-electron chi connectivity index (χ0n) is 18.0. The van der Waals surface area contributed by atoms with Crippen molar-refractivity contribution in [3.63, 3.8) is 0 Å². The Morgan fingerprint density at radius 1 is 1.06 bits per heavy atom. The molecule has 2 amide bonds. The van der Waals surface area contributed by atoms with E-state index in [2.05, 4.69) is 0 Å². The van der Waals surface area contributed by atoms with Gasteiger partial charge in [-0.2, -0.15) is 0 Å². The number of ether oxygens (including phenoxy) is 2. The molecular weight excluding hydrogens is 476 g/mol. The topological polar surface area (TPSA) is 93.2 Å². The highest BCUT2D eigenvalue weighted by molar-refractivity contribution is 7.90. The minimum absolute atomic E-state index is 0.103. The molecule has 2 aliphatic heterocycles. The Hall–Kier alpha value is -3.37. The number of thiophene rings is 1. The normalized spacial score (nSPS) is 18.0. The zero-order valence-corrected chi connectivity index (χ0v) is 19.6. The van der Waals surface area contributed by atoms with E-state index in [1.54, 1.807) is 23.1 Å². The predicted octanol–water partition coefficient (Wildman–Crippen LogP) is 3.67. The zero-order chi connectivity index (χ0) is 23.4. The van der Waals surface area contributed by atoms with E-state index in [-0.39, 0.29) is 28.0 Å². The molecule has 3 heterocycles. The van der Waals surface area contributed by atoms with Crippen molar-refractivity contribution >= 4 is 38.9 Å². The Balaban J connectivity index is 1.39. The van der Waals surface area contributed by atoms with Gasteiger partial charge >= 0.3 is 0 Å². The van der Waals surface area contributed by atoms with Gasteiger partial charge in [-0.15, -0.1) is 11.3 Å². The summed E-state index contributed by atoms with van der Waals surface area (Å²) >= 11 is 1.52. The van der Waals surface area contributed by atoms with Crippen LogP contribution in [0.3, 0.4) is 0 Å². The average Bonchev–Trinajstić information content (AvgIpc) is 3.48. The Bertz CT molecular complexity index is 1410. The average molecular weight is 497 g/mol. The van der Waals surface area contributed by atoms with Crippen LogP contribution in [0.2, 0.25) is 0 Å². The third kappa shape index (κ3) is 3.45. The summed E-state index contributed by atoms with van der Waals surface area (Å²) in [5.41, 5.74) is 0.911. The van der Waals surface area contributed by atoms with Gasteiger partial charge in [0.1, 0.15) is 18.1 Å². The molecular formula is C24H20N2O6S2. The maximum Gasteiger partial charge on any atom is 0.269 e. The number of carbonyl (C=O) groups is 2. The fourth-order valence-electron chi connectivity index (χ4n) is 4.24. The van der Waals surface area contributed by atoms with Crippen molar-refractivity contribution in [3.05, 3.63) is 69.9 Å². The largest absolute Gasteiger partial charge is 0.486 e. The summed E-state index contributed by atoms with van der Waals surface area (Å²) < 4.78 is 38.4. The molecule has 10 heteroatoms. The van der Waals surface area contributed by atoms with Crippen LogP contribution in [0, 0.1) is 0 Å². The summed E-state index contributed by atoms with van der Waals surface area (Å²) in [5.74, 6) is 0.273. The molecule has 1 saturated carbocycles. The summed E-state index contributed by atoms with van der Waals surface area (Å²) in [6.07, 6.45) is 1.34. The number of sulfonamides is 1. The second-order valence-electron chi connectivity index (χ2n) is 8.35. The fourth-order valence-corrected chi connectivity index (χ4v) is 6.78. The van der Waals surface area contributed by atoms with Gasteiger partial charge < -0.3 is 14.4 Å². The summed E-state index contributed by atoms with van der Waals surface area (Å²) in [7, 11) is -3.96. The number of nitrogens with zero attached hydrogens (tertiary/aromatic N) is 2. The van der Waals surface area contributed by atoms with E-state index in [0.717, 1.165) is 9.18 Å². The molecule has 0 radical (unpaired) electrons. The second-order valence-corrected chi connectivity index (χ2v) is 11.2. The van der Waals surface area contributed by atoms with Gasteiger partial charge in [0, 0.05) is 28.2 Å². The molecule has 1 fully saturated rings. The molecule has 1 aromatic heterocycles. The van der Waals surface area contributed by atoms with Crippen molar-refractivity contribution in [1.29, 1.82) is 0 Å². The smallest absolute Gasteiger partial charge is 0.269 e. The van der Waals surface area contributed by atoms with Crippen LogP contribution >= 0.6 is 11.3 Å². The van der Waals surface area contributed by atoms with E-state index in [1.807, 2.05) is 17.5 Å². The number of hydrogen-bond acceptors (Lipinski definition) is 7. The molecule has 3 aromatic rings. The van der Waals surface area contributed by atoms with Crippen LogP contribution in [0.25, 0.3) is 0 Å². The van der Waals surface area contributed by atoms with Crippen molar-refractivity contribution in [3.8, 4) is 11.5 Å². The molecule has 3 aliphatic rings. The van der Waals surface area contributed by atoms with Crippen LogP contribution in [0.5, 0.6) is 11.5 Å². The number of benzene rings is 2. The third-order valence-electron chi connectivity index (χ3n) is 6.05. The maximum absolute atomic E-state index is 13.7. The maximum atomic E-state index is 13.7. The monoisotopic (exact) mass is 496 g/mol. The quantitative estimate of drug-likeness (QED) is 0.535. The lowest BCUT2D eigenvalue weighted by molar-refractivity contribution is 0.0864. The van der Waals surface area contributed by atoms with Crippen LogP contribution in [-0.4, -0.2) is 43.8 Å². The van der Waals surface area contributed by atoms with Crippen molar-refractivity contribution in [2.45, 2.75) is 30.3 Å². The van der Waals surface area contributed by atoms with E-state index in [1.165, 1.54) is 29.5 Å². The molecule has 6 rings (SSSR count). The summed E-state index contributed by atoms with van der Waals surface area (Å²) in [6, 6.07) is 13.1. The lowest BCUT2D eigenvalue weighted by Gasteiger charge is -2.25. The van der Waals surface area contributed by atoms with Crippen molar-refractivity contribution in [2.75, 3.05) is 18.1 Å².